The van der Waals surface area contributed by atoms with Gasteiger partial charge in [0.1, 0.15) is 11.5 Å². The third-order valence-electron chi connectivity index (χ3n) is 4.91. The standard InChI is InChI=1S/C23H17F3N2O4/c1-31-20-11-16(28-21(29)13-4-7-17(8-5-13)32-23(24,25)26)6-9-18(20)14-2-3-15-12-27-22(30)19(15)10-14/h2-11H,12H2,1H3,(H,27,30)(H,28,29). The number of hydrogen-bond acceptors (Lipinski definition) is 4. The maximum atomic E-state index is 12.5. The van der Waals surface area contributed by atoms with Crippen LogP contribution in [0.2, 0.25) is 0 Å². The Bertz CT molecular complexity index is 1190. The second-order valence-electron chi connectivity index (χ2n) is 7.00. The topological polar surface area (TPSA) is 76.7 Å². The lowest BCUT2D eigenvalue weighted by molar-refractivity contribution is -0.274. The second-order valence-corrected chi connectivity index (χ2v) is 7.00. The van der Waals surface area contributed by atoms with Crippen molar-refractivity contribution in [2.24, 2.45) is 0 Å². The predicted molar refractivity (Wildman–Crippen MR) is 111 cm³/mol. The van der Waals surface area contributed by atoms with E-state index in [4.69, 9.17) is 4.74 Å². The fourth-order valence-corrected chi connectivity index (χ4v) is 3.40. The number of carbonyl (C=O) groups excluding carboxylic acids is 2. The minimum Gasteiger partial charge on any atom is -0.496 e. The molecule has 0 aliphatic carbocycles. The van der Waals surface area contributed by atoms with Crippen LogP contribution in [0.5, 0.6) is 11.5 Å². The van der Waals surface area contributed by atoms with Crippen LogP contribution in [-0.2, 0) is 6.54 Å². The molecule has 6 nitrogen and oxygen atoms in total. The molecule has 4 rings (SSSR count). The van der Waals surface area contributed by atoms with Gasteiger partial charge in [0.05, 0.1) is 7.11 Å². The normalized spacial score (nSPS) is 12.7. The van der Waals surface area contributed by atoms with Crippen LogP contribution in [0, 0.1) is 0 Å². The van der Waals surface area contributed by atoms with E-state index in [-0.39, 0.29) is 11.5 Å². The first-order chi connectivity index (χ1) is 15.2. The number of methoxy groups -OCH3 is 1. The van der Waals surface area contributed by atoms with E-state index in [1.165, 1.54) is 19.2 Å². The molecular formula is C23H17F3N2O4. The van der Waals surface area contributed by atoms with E-state index in [1.54, 1.807) is 24.3 Å². The Kier molecular flexibility index (Phi) is 5.48. The van der Waals surface area contributed by atoms with Gasteiger partial charge in [-0.1, -0.05) is 12.1 Å². The Balaban J connectivity index is 1.53. The number of rotatable bonds is 5. The number of amides is 2. The number of carbonyl (C=O) groups is 2. The summed E-state index contributed by atoms with van der Waals surface area (Å²) in [5, 5.41) is 5.45. The zero-order valence-electron chi connectivity index (χ0n) is 16.7. The lowest BCUT2D eigenvalue weighted by Crippen LogP contribution is -2.17. The fourth-order valence-electron chi connectivity index (χ4n) is 3.40. The molecule has 3 aromatic rings. The monoisotopic (exact) mass is 442 g/mol. The predicted octanol–water partition coefficient (Wildman–Crippen LogP) is 4.76. The Hall–Kier alpha value is -4.01. The van der Waals surface area contributed by atoms with E-state index in [9.17, 15) is 22.8 Å². The Morgan fingerprint density at radius 2 is 1.75 bits per heavy atom. The molecule has 9 heteroatoms. The molecule has 0 saturated heterocycles. The molecule has 0 saturated carbocycles. The van der Waals surface area contributed by atoms with Gasteiger partial charge < -0.3 is 20.1 Å². The molecule has 0 atom stereocenters. The van der Waals surface area contributed by atoms with E-state index in [1.807, 2.05) is 12.1 Å². The summed E-state index contributed by atoms with van der Waals surface area (Å²) < 4.78 is 46.1. The molecule has 0 bridgehead atoms. The van der Waals surface area contributed by atoms with E-state index in [0.717, 1.165) is 28.8 Å². The quantitative estimate of drug-likeness (QED) is 0.598. The molecule has 32 heavy (non-hydrogen) atoms. The van der Waals surface area contributed by atoms with Gasteiger partial charge in [0.15, 0.2) is 0 Å². The Morgan fingerprint density at radius 1 is 1.00 bits per heavy atom. The highest BCUT2D eigenvalue weighted by Gasteiger charge is 2.31. The first-order valence-corrected chi connectivity index (χ1v) is 9.50. The van der Waals surface area contributed by atoms with E-state index in [0.29, 0.717) is 23.5 Å². The molecule has 0 aromatic heterocycles. The Labute approximate surface area is 181 Å². The third-order valence-corrected chi connectivity index (χ3v) is 4.91. The number of hydrogen-bond donors (Lipinski definition) is 2. The van der Waals surface area contributed by atoms with Crippen LogP contribution in [0.3, 0.4) is 0 Å². The highest BCUT2D eigenvalue weighted by Crippen LogP contribution is 2.34. The molecule has 3 aromatic carbocycles. The van der Waals surface area contributed by atoms with E-state index >= 15 is 0 Å². The highest BCUT2D eigenvalue weighted by molar-refractivity contribution is 6.04. The van der Waals surface area contributed by atoms with Crippen molar-refractivity contribution in [2.45, 2.75) is 12.9 Å². The molecule has 2 N–H and O–H groups in total. The number of nitrogens with one attached hydrogen (secondary N) is 2. The van der Waals surface area contributed by atoms with Crippen molar-refractivity contribution in [3.8, 4) is 22.6 Å². The lowest BCUT2D eigenvalue weighted by Gasteiger charge is -2.13. The summed E-state index contributed by atoms with van der Waals surface area (Å²) in [7, 11) is 1.49. The third kappa shape index (κ3) is 4.51. The van der Waals surface area contributed by atoms with Gasteiger partial charge in [-0.3, -0.25) is 9.59 Å². The van der Waals surface area contributed by atoms with Gasteiger partial charge >= 0.3 is 6.36 Å². The van der Waals surface area contributed by atoms with Gasteiger partial charge in [-0.25, -0.2) is 0 Å². The summed E-state index contributed by atoms with van der Waals surface area (Å²) in [6.45, 7) is 0.500. The smallest absolute Gasteiger partial charge is 0.496 e. The average Bonchev–Trinajstić information content (AvgIpc) is 3.13. The minimum absolute atomic E-state index is 0.128. The summed E-state index contributed by atoms with van der Waals surface area (Å²) in [4.78, 5) is 24.4. The second kappa shape index (κ2) is 8.26. The first kappa shape index (κ1) is 21.2. The largest absolute Gasteiger partial charge is 0.573 e. The van der Waals surface area contributed by atoms with Gasteiger partial charge in [-0.05, 0) is 53.6 Å². The van der Waals surface area contributed by atoms with Gasteiger partial charge in [0.25, 0.3) is 11.8 Å². The number of ether oxygens (including phenoxy) is 2. The maximum absolute atomic E-state index is 12.5. The molecule has 2 amide bonds. The van der Waals surface area contributed by atoms with Crippen LogP contribution in [0.4, 0.5) is 18.9 Å². The zero-order valence-corrected chi connectivity index (χ0v) is 16.7. The van der Waals surface area contributed by atoms with Crippen molar-refractivity contribution in [2.75, 3.05) is 12.4 Å². The lowest BCUT2D eigenvalue weighted by atomic mass is 9.99. The van der Waals surface area contributed by atoms with E-state index in [2.05, 4.69) is 15.4 Å². The van der Waals surface area contributed by atoms with Crippen LogP contribution in [0.15, 0.2) is 60.7 Å². The molecule has 0 unspecified atom stereocenters. The van der Waals surface area contributed by atoms with Crippen molar-refractivity contribution < 1.29 is 32.2 Å². The molecular weight excluding hydrogens is 425 g/mol. The van der Waals surface area contributed by atoms with Crippen LogP contribution in [0.1, 0.15) is 26.3 Å². The van der Waals surface area contributed by atoms with Crippen LogP contribution >= 0.6 is 0 Å². The van der Waals surface area contributed by atoms with Gasteiger partial charge in [0, 0.05) is 35.0 Å². The SMILES string of the molecule is COc1cc(NC(=O)c2ccc(OC(F)(F)F)cc2)ccc1-c1ccc2c(c1)C(=O)NC2. The molecule has 1 aliphatic rings. The van der Waals surface area contributed by atoms with Crippen LogP contribution < -0.4 is 20.1 Å². The van der Waals surface area contributed by atoms with Crippen molar-refractivity contribution in [1.29, 1.82) is 0 Å². The van der Waals surface area contributed by atoms with Crippen molar-refractivity contribution in [3.05, 3.63) is 77.4 Å². The number of fused-ring (bicyclic) bond motifs is 1. The van der Waals surface area contributed by atoms with Crippen LogP contribution in [-0.4, -0.2) is 25.3 Å². The fraction of sp³-hybridized carbons (Fsp3) is 0.130. The molecule has 164 valence electrons. The molecule has 0 spiro atoms. The van der Waals surface area contributed by atoms with Crippen LogP contribution in [0.25, 0.3) is 11.1 Å². The highest BCUT2D eigenvalue weighted by atomic mass is 19.4. The molecule has 0 radical (unpaired) electrons. The summed E-state index contributed by atoms with van der Waals surface area (Å²) in [6.07, 6.45) is -4.80. The first-order valence-electron chi connectivity index (χ1n) is 9.50. The van der Waals surface area contributed by atoms with Gasteiger partial charge in [-0.2, -0.15) is 0 Å². The van der Waals surface area contributed by atoms with E-state index < -0.39 is 18.0 Å². The number of benzene rings is 3. The minimum atomic E-state index is -4.80. The summed E-state index contributed by atoms with van der Waals surface area (Å²) in [6, 6.07) is 15.2. The average molecular weight is 442 g/mol. The van der Waals surface area contributed by atoms with Crippen molar-refractivity contribution in [3.63, 3.8) is 0 Å². The summed E-state index contributed by atoms with van der Waals surface area (Å²) in [5.41, 5.74) is 3.66. The number of anilines is 1. The molecule has 0 fully saturated rings. The van der Waals surface area contributed by atoms with Crippen molar-refractivity contribution in [1.82, 2.24) is 5.32 Å². The summed E-state index contributed by atoms with van der Waals surface area (Å²) in [5.74, 6) is -0.568. The van der Waals surface area contributed by atoms with Gasteiger partial charge in [-0.15, -0.1) is 13.2 Å². The molecule has 1 heterocycles. The van der Waals surface area contributed by atoms with Crippen molar-refractivity contribution >= 4 is 17.5 Å². The maximum Gasteiger partial charge on any atom is 0.573 e. The van der Waals surface area contributed by atoms with Gasteiger partial charge in [0.2, 0.25) is 0 Å². The summed E-state index contributed by atoms with van der Waals surface area (Å²) >= 11 is 0. The Morgan fingerprint density at radius 3 is 2.44 bits per heavy atom. The number of halogens is 3. The number of alkyl halides is 3. The zero-order chi connectivity index (χ0) is 22.9. The molecule has 1 aliphatic heterocycles.